The zero-order chi connectivity index (χ0) is 15.7. The lowest BCUT2D eigenvalue weighted by atomic mass is 10.5. The number of aromatic nitrogens is 9. The van der Waals surface area contributed by atoms with Crippen LogP contribution in [0.25, 0.3) is 22.3 Å². The van der Waals surface area contributed by atoms with E-state index in [1.165, 1.54) is 6.33 Å². The molecule has 0 aromatic carbocycles. The summed E-state index contributed by atoms with van der Waals surface area (Å²) in [5.74, 6) is 0.325. The summed E-state index contributed by atoms with van der Waals surface area (Å²) in [6, 6.07) is 0. The summed E-state index contributed by atoms with van der Waals surface area (Å²) in [7, 11) is 0. The van der Waals surface area contributed by atoms with Gasteiger partial charge in [-0.15, -0.1) is 10.2 Å². The van der Waals surface area contributed by atoms with Gasteiger partial charge in [0, 0.05) is 0 Å². The van der Waals surface area contributed by atoms with E-state index < -0.39 is 0 Å². The van der Waals surface area contributed by atoms with Gasteiger partial charge in [-0.05, 0) is 0 Å². The molecule has 0 bridgehead atoms. The first-order valence-electron chi connectivity index (χ1n) is 5.79. The molecule has 8 N–H and O–H groups in total. The highest BCUT2D eigenvalue weighted by atomic mass is 32.1. The van der Waals surface area contributed by atoms with E-state index in [0.717, 1.165) is 0 Å². The largest absolute Gasteiger partial charge is 0.369 e. The second-order valence-corrected chi connectivity index (χ2v) is 4.39. The van der Waals surface area contributed by atoms with Gasteiger partial charge in [-0.1, -0.05) is 12.2 Å². The van der Waals surface area contributed by atoms with Crippen LogP contribution in [-0.4, -0.2) is 45.3 Å². The molecule has 22 heavy (non-hydrogen) atoms. The van der Waals surface area contributed by atoms with E-state index in [0.29, 0.717) is 15.8 Å². The second-order valence-electron chi connectivity index (χ2n) is 4.00. The lowest BCUT2D eigenvalue weighted by Gasteiger charge is -1.91. The Morgan fingerprint density at radius 2 is 1.86 bits per heavy atom. The number of nitrogen functional groups attached to an aromatic ring is 2. The summed E-state index contributed by atoms with van der Waals surface area (Å²) in [6.45, 7) is 0. The standard InChI is InChI=1S/C5H5N5S.C4H4N6O/c6-5-9-3-2(4(11)10-5)7-1-8-3;5-4-6-2-1(3(11)7-4)8-10-9-2/h1H,(H4,6,7,8,9,10,11);(H4,5,6,7,8,9,10,11). The zero-order valence-corrected chi connectivity index (χ0v) is 11.6. The Bertz CT molecular complexity index is 970. The number of hydrogen-bond acceptors (Lipinski definition) is 9. The Hall–Kier alpha value is -3.35. The third-order valence-electron chi connectivity index (χ3n) is 2.53. The molecule has 13 heteroatoms. The van der Waals surface area contributed by atoms with Gasteiger partial charge in [0.2, 0.25) is 17.5 Å². The van der Waals surface area contributed by atoms with E-state index in [-0.39, 0.29) is 28.6 Å². The number of hydrogen-bond donors (Lipinski definition) is 6. The Labute approximate surface area is 125 Å². The molecule has 4 rings (SSSR count). The van der Waals surface area contributed by atoms with Crippen LogP contribution in [0, 0.1) is 4.64 Å². The number of fused-ring (bicyclic) bond motifs is 2. The van der Waals surface area contributed by atoms with Gasteiger partial charge in [0.1, 0.15) is 5.52 Å². The second kappa shape index (κ2) is 5.21. The van der Waals surface area contributed by atoms with Crippen LogP contribution >= 0.6 is 12.2 Å². The summed E-state index contributed by atoms with van der Waals surface area (Å²) in [5.41, 5.74) is 12.0. The number of rotatable bonds is 0. The fourth-order valence-electron chi connectivity index (χ4n) is 1.64. The lowest BCUT2D eigenvalue weighted by molar-refractivity contribution is 0.954. The molecule has 12 nitrogen and oxygen atoms in total. The molecule has 4 aromatic heterocycles. The van der Waals surface area contributed by atoms with Crippen molar-refractivity contribution in [3.8, 4) is 0 Å². The SMILES string of the molecule is Nc1nc(=S)c2[nH]cnc2[nH]1.Nc1nc2n[nH]nc2c(=O)[nH]1. The molecular formula is C9H9N11OS. The van der Waals surface area contributed by atoms with Gasteiger partial charge in [0.15, 0.2) is 15.8 Å². The van der Waals surface area contributed by atoms with Crippen molar-refractivity contribution in [2.24, 2.45) is 0 Å². The number of H-pyrrole nitrogens is 4. The average molecular weight is 319 g/mol. The smallest absolute Gasteiger partial charge is 0.282 e. The number of nitrogens with zero attached hydrogens (tertiary/aromatic N) is 5. The molecule has 0 amide bonds. The Balaban J connectivity index is 0.000000131. The van der Waals surface area contributed by atoms with Crippen LogP contribution < -0.4 is 17.0 Å². The fraction of sp³-hybridized carbons (Fsp3) is 0. The summed E-state index contributed by atoms with van der Waals surface area (Å²) in [6.07, 6.45) is 1.54. The molecule has 0 unspecified atom stereocenters. The topological polar surface area (TPSA) is 197 Å². The maximum absolute atomic E-state index is 11.0. The van der Waals surface area contributed by atoms with Crippen molar-refractivity contribution in [2.45, 2.75) is 0 Å². The van der Waals surface area contributed by atoms with E-state index in [4.69, 9.17) is 23.7 Å². The van der Waals surface area contributed by atoms with E-state index in [2.05, 4.69) is 45.3 Å². The summed E-state index contributed by atoms with van der Waals surface area (Å²) < 4.78 is 0.439. The van der Waals surface area contributed by atoms with Crippen molar-refractivity contribution >= 4 is 46.4 Å². The maximum atomic E-state index is 11.0. The number of nitrogens with one attached hydrogen (secondary N) is 4. The average Bonchev–Trinajstić information content (AvgIpc) is 3.07. The van der Waals surface area contributed by atoms with Crippen molar-refractivity contribution < 1.29 is 0 Å². The molecule has 4 heterocycles. The van der Waals surface area contributed by atoms with Crippen LogP contribution in [0.3, 0.4) is 0 Å². The Kier molecular flexibility index (Phi) is 3.23. The Morgan fingerprint density at radius 3 is 2.68 bits per heavy atom. The summed E-state index contributed by atoms with van der Waals surface area (Å²) in [4.78, 5) is 30.4. The lowest BCUT2D eigenvalue weighted by Crippen LogP contribution is -2.10. The van der Waals surface area contributed by atoms with Crippen LogP contribution in [0.15, 0.2) is 11.1 Å². The maximum Gasteiger partial charge on any atom is 0.282 e. The summed E-state index contributed by atoms with van der Waals surface area (Å²) in [5, 5.41) is 9.42. The number of nitrogens with two attached hydrogens (primary N) is 2. The molecule has 0 aliphatic heterocycles. The third kappa shape index (κ3) is 2.47. The molecule has 0 radical (unpaired) electrons. The fourth-order valence-corrected chi connectivity index (χ4v) is 1.89. The number of anilines is 2. The molecule has 0 saturated carbocycles. The normalized spacial score (nSPS) is 10.5. The molecule has 0 aliphatic carbocycles. The van der Waals surface area contributed by atoms with E-state index in [1.54, 1.807) is 0 Å². The molecule has 112 valence electrons. The van der Waals surface area contributed by atoms with E-state index in [1.807, 2.05) is 0 Å². The van der Waals surface area contributed by atoms with Crippen molar-refractivity contribution in [3.63, 3.8) is 0 Å². The van der Waals surface area contributed by atoms with Gasteiger partial charge >= 0.3 is 0 Å². The minimum atomic E-state index is -0.388. The van der Waals surface area contributed by atoms with Crippen molar-refractivity contribution in [1.29, 1.82) is 0 Å². The van der Waals surface area contributed by atoms with Crippen LogP contribution in [0.2, 0.25) is 0 Å². The molecule has 0 atom stereocenters. The van der Waals surface area contributed by atoms with Crippen molar-refractivity contribution in [3.05, 3.63) is 21.3 Å². The van der Waals surface area contributed by atoms with Crippen molar-refractivity contribution in [1.82, 2.24) is 45.3 Å². The first-order chi connectivity index (χ1) is 10.5. The van der Waals surface area contributed by atoms with Crippen molar-refractivity contribution in [2.75, 3.05) is 11.5 Å². The van der Waals surface area contributed by atoms with Gasteiger partial charge in [-0.3, -0.25) is 9.78 Å². The monoisotopic (exact) mass is 319 g/mol. The predicted octanol–water partition coefficient (Wildman–Crippen LogP) is -0.779. The highest BCUT2D eigenvalue weighted by molar-refractivity contribution is 7.71. The van der Waals surface area contributed by atoms with Crippen LogP contribution in [-0.2, 0) is 0 Å². The van der Waals surface area contributed by atoms with Gasteiger partial charge in [-0.2, -0.15) is 10.2 Å². The van der Waals surface area contributed by atoms with Gasteiger partial charge in [0.25, 0.3) is 5.56 Å². The highest BCUT2D eigenvalue weighted by Crippen LogP contribution is 2.06. The first kappa shape index (κ1) is 13.6. The van der Waals surface area contributed by atoms with Gasteiger partial charge in [-0.25, -0.2) is 9.97 Å². The van der Waals surface area contributed by atoms with E-state index >= 15 is 0 Å². The molecule has 0 fully saturated rings. The predicted molar refractivity (Wildman–Crippen MR) is 80.2 cm³/mol. The quantitative estimate of drug-likeness (QED) is 0.225. The Morgan fingerprint density at radius 1 is 1.09 bits per heavy atom. The minimum absolute atomic E-state index is 0.0383. The summed E-state index contributed by atoms with van der Waals surface area (Å²) >= 11 is 4.91. The molecule has 0 spiro atoms. The number of imidazole rings is 1. The van der Waals surface area contributed by atoms with Crippen LogP contribution in [0.1, 0.15) is 0 Å². The third-order valence-corrected chi connectivity index (χ3v) is 2.83. The molecular weight excluding hydrogens is 310 g/mol. The van der Waals surface area contributed by atoms with Gasteiger partial charge in [0.05, 0.1) is 6.33 Å². The number of aromatic amines is 4. The van der Waals surface area contributed by atoms with Crippen LogP contribution in [0.5, 0.6) is 0 Å². The molecule has 4 aromatic rings. The molecule has 0 saturated heterocycles. The van der Waals surface area contributed by atoms with Gasteiger partial charge < -0.3 is 21.4 Å². The first-order valence-corrected chi connectivity index (χ1v) is 6.20. The molecule has 0 aliphatic rings. The minimum Gasteiger partial charge on any atom is -0.369 e. The zero-order valence-electron chi connectivity index (χ0n) is 10.8. The van der Waals surface area contributed by atoms with Crippen LogP contribution in [0.4, 0.5) is 11.9 Å². The highest BCUT2D eigenvalue weighted by Gasteiger charge is 2.03. The van der Waals surface area contributed by atoms with E-state index in [9.17, 15) is 4.79 Å².